The Morgan fingerprint density at radius 2 is 2.18 bits per heavy atom. The van der Waals surface area contributed by atoms with E-state index in [9.17, 15) is 10.2 Å². The molecule has 0 aromatic rings. The van der Waals surface area contributed by atoms with Gasteiger partial charge in [-0.3, -0.25) is 0 Å². The van der Waals surface area contributed by atoms with Gasteiger partial charge in [-0.25, -0.2) is 0 Å². The first kappa shape index (κ1) is 18.7. The highest BCUT2D eigenvalue weighted by molar-refractivity contribution is 5.23. The summed E-state index contributed by atoms with van der Waals surface area (Å²) in [6.45, 7) is 11.8. The van der Waals surface area contributed by atoms with Crippen LogP contribution in [0.25, 0.3) is 0 Å². The molecule has 122 valence electrons. The molecular formula is C19H28O3. The zero-order valence-corrected chi connectivity index (χ0v) is 13.7. The number of aliphatic hydroxyl groups is 2. The van der Waals surface area contributed by atoms with Crippen LogP contribution in [0, 0.1) is 12.3 Å². The standard InChI is InChI=1S/C19H28O3/c1-6-7-13(2)10-14(3)8-9-17(20)15(4)11-19-18(21)12-16(5)22-19/h1,10,16-21H,2,4,7-9,11-12H2,3,5H3/b14-10+/t16-,17+,18+,19+/m1/s1. The number of allylic oxidation sites excluding steroid dienone is 3. The van der Waals surface area contributed by atoms with E-state index in [1.807, 2.05) is 19.9 Å². The molecule has 1 saturated heterocycles. The van der Waals surface area contributed by atoms with Gasteiger partial charge in [0.1, 0.15) is 0 Å². The zero-order valence-electron chi connectivity index (χ0n) is 13.7. The summed E-state index contributed by atoms with van der Waals surface area (Å²) in [6, 6.07) is 0. The van der Waals surface area contributed by atoms with Crippen molar-refractivity contribution in [3.8, 4) is 12.3 Å². The lowest BCUT2D eigenvalue weighted by molar-refractivity contribution is 0.0134. The van der Waals surface area contributed by atoms with Crippen LogP contribution in [0.2, 0.25) is 0 Å². The Labute approximate surface area is 134 Å². The Hall–Kier alpha value is -1.34. The molecule has 1 rings (SSSR count). The number of terminal acetylenes is 1. The first-order valence-corrected chi connectivity index (χ1v) is 7.81. The first-order chi connectivity index (χ1) is 10.3. The third-order valence-electron chi connectivity index (χ3n) is 3.94. The van der Waals surface area contributed by atoms with Gasteiger partial charge in [-0.1, -0.05) is 24.8 Å². The lowest BCUT2D eigenvalue weighted by atomic mass is 9.96. The molecule has 3 heteroatoms. The van der Waals surface area contributed by atoms with Crippen molar-refractivity contribution >= 4 is 0 Å². The van der Waals surface area contributed by atoms with E-state index in [4.69, 9.17) is 11.2 Å². The van der Waals surface area contributed by atoms with E-state index in [-0.39, 0.29) is 12.2 Å². The maximum absolute atomic E-state index is 10.2. The SMILES string of the molecule is C#CCC(=C)/C=C(\C)CC[C@H](O)C(=C)C[C@@H]1O[C@H](C)C[C@@H]1O. The molecule has 1 heterocycles. The molecule has 0 aliphatic carbocycles. The molecule has 3 nitrogen and oxygen atoms in total. The Morgan fingerprint density at radius 1 is 1.50 bits per heavy atom. The van der Waals surface area contributed by atoms with Crippen LogP contribution in [-0.2, 0) is 4.74 Å². The van der Waals surface area contributed by atoms with E-state index < -0.39 is 12.2 Å². The van der Waals surface area contributed by atoms with E-state index in [2.05, 4.69) is 19.1 Å². The molecule has 0 radical (unpaired) electrons. The quantitative estimate of drug-likeness (QED) is 0.411. The largest absolute Gasteiger partial charge is 0.390 e. The molecule has 1 aliphatic heterocycles. The van der Waals surface area contributed by atoms with Crippen LogP contribution in [-0.4, -0.2) is 34.6 Å². The second kappa shape index (κ2) is 8.95. The minimum absolute atomic E-state index is 0.0669. The molecule has 4 atom stereocenters. The van der Waals surface area contributed by atoms with E-state index in [1.54, 1.807) is 0 Å². The summed E-state index contributed by atoms with van der Waals surface area (Å²) in [5.74, 6) is 2.56. The monoisotopic (exact) mass is 304 g/mol. The van der Waals surface area contributed by atoms with Crippen LogP contribution in [0.1, 0.15) is 46.0 Å². The van der Waals surface area contributed by atoms with Crippen molar-refractivity contribution in [1.82, 2.24) is 0 Å². The van der Waals surface area contributed by atoms with E-state index >= 15 is 0 Å². The smallest absolute Gasteiger partial charge is 0.0876 e. The minimum Gasteiger partial charge on any atom is -0.390 e. The molecule has 0 aromatic carbocycles. The van der Waals surface area contributed by atoms with Gasteiger partial charge in [0, 0.05) is 12.8 Å². The van der Waals surface area contributed by atoms with Crippen molar-refractivity contribution in [2.45, 2.75) is 70.4 Å². The number of rotatable bonds is 8. The normalized spacial score (nSPS) is 26.5. The lowest BCUT2D eigenvalue weighted by Crippen LogP contribution is -2.24. The van der Waals surface area contributed by atoms with Crippen LogP contribution in [0.15, 0.2) is 36.0 Å². The van der Waals surface area contributed by atoms with Crippen LogP contribution >= 0.6 is 0 Å². The maximum atomic E-state index is 10.2. The summed E-state index contributed by atoms with van der Waals surface area (Å²) in [4.78, 5) is 0. The molecule has 0 amide bonds. The Bertz CT molecular complexity index is 470. The van der Waals surface area contributed by atoms with E-state index in [1.165, 1.54) is 0 Å². The topological polar surface area (TPSA) is 49.7 Å². The predicted molar refractivity (Wildman–Crippen MR) is 90.3 cm³/mol. The Morgan fingerprint density at radius 3 is 2.73 bits per heavy atom. The van der Waals surface area contributed by atoms with Crippen molar-refractivity contribution in [2.75, 3.05) is 0 Å². The van der Waals surface area contributed by atoms with Gasteiger partial charge in [-0.2, -0.15) is 0 Å². The predicted octanol–water partition coefficient (Wildman–Crippen LogP) is 3.14. The van der Waals surface area contributed by atoms with Crippen molar-refractivity contribution in [2.24, 2.45) is 0 Å². The maximum Gasteiger partial charge on any atom is 0.0876 e. The van der Waals surface area contributed by atoms with E-state index in [0.717, 1.165) is 17.6 Å². The number of ether oxygens (including phenoxy) is 1. The summed E-state index contributed by atoms with van der Waals surface area (Å²) in [5.41, 5.74) is 2.76. The zero-order chi connectivity index (χ0) is 16.7. The average molecular weight is 304 g/mol. The van der Waals surface area contributed by atoms with E-state index in [0.29, 0.717) is 31.3 Å². The summed E-state index contributed by atoms with van der Waals surface area (Å²) in [7, 11) is 0. The highest BCUT2D eigenvalue weighted by Crippen LogP contribution is 2.26. The molecule has 0 bridgehead atoms. The number of hydrogen-bond acceptors (Lipinski definition) is 3. The lowest BCUT2D eigenvalue weighted by Gasteiger charge is -2.19. The summed E-state index contributed by atoms with van der Waals surface area (Å²) >= 11 is 0. The van der Waals surface area contributed by atoms with Gasteiger partial charge < -0.3 is 14.9 Å². The fraction of sp³-hybridized carbons (Fsp3) is 0.579. The van der Waals surface area contributed by atoms with Gasteiger partial charge in [0.05, 0.1) is 24.4 Å². The minimum atomic E-state index is -0.587. The number of aliphatic hydroxyl groups excluding tert-OH is 2. The molecule has 2 N–H and O–H groups in total. The fourth-order valence-electron chi connectivity index (χ4n) is 2.69. The van der Waals surface area contributed by atoms with Gasteiger partial charge in [0.25, 0.3) is 0 Å². The molecule has 1 aliphatic rings. The molecule has 0 unspecified atom stereocenters. The molecule has 0 saturated carbocycles. The molecular weight excluding hydrogens is 276 g/mol. The summed E-state index contributed by atoms with van der Waals surface area (Å²) in [5, 5.41) is 20.1. The fourth-order valence-corrected chi connectivity index (χ4v) is 2.69. The van der Waals surface area contributed by atoms with Crippen LogP contribution in [0.3, 0.4) is 0 Å². The summed E-state index contributed by atoms with van der Waals surface area (Å²) in [6.07, 6.45) is 9.03. The van der Waals surface area contributed by atoms with Crippen LogP contribution in [0.5, 0.6) is 0 Å². The van der Waals surface area contributed by atoms with Crippen molar-refractivity contribution < 1.29 is 14.9 Å². The van der Waals surface area contributed by atoms with Crippen molar-refractivity contribution in [3.63, 3.8) is 0 Å². The van der Waals surface area contributed by atoms with Crippen molar-refractivity contribution in [1.29, 1.82) is 0 Å². The molecule has 1 fully saturated rings. The van der Waals surface area contributed by atoms with Gasteiger partial charge in [0.15, 0.2) is 0 Å². The van der Waals surface area contributed by atoms with Gasteiger partial charge in [-0.05, 0) is 44.3 Å². The van der Waals surface area contributed by atoms with Gasteiger partial charge in [-0.15, -0.1) is 12.3 Å². The highest BCUT2D eigenvalue weighted by Gasteiger charge is 2.32. The second-order valence-corrected chi connectivity index (χ2v) is 6.23. The van der Waals surface area contributed by atoms with Crippen LogP contribution < -0.4 is 0 Å². The average Bonchev–Trinajstić information content (AvgIpc) is 2.74. The molecule has 0 spiro atoms. The number of hydrogen-bond donors (Lipinski definition) is 2. The van der Waals surface area contributed by atoms with Gasteiger partial charge in [0.2, 0.25) is 0 Å². The van der Waals surface area contributed by atoms with Crippen LogP contribution in [0.4, 0.5) is 0 Å². The third-order valence-corrected chi connectivity index (χ3v) is 3.94. The summed E-state index contributed by atoms with van der Waals surface area (Å²) < 4.78 is 5.64. The Balaban J connectivity index is 2.38. The third kappa shape index (κ3) is 6.19. The second-order valence-electron chi connectivity index (χ2n) is 6.23. The van der Waals surface area contributed by atoms with Crippen molar-refractivity contribution in [3.05, 3.63) is 36.0 Å². The highest BCUT2D eigenvalue weighted by atomic mass is 16.5. The molecule has 0 aromatic heterocycles. The Kier molecular flexibility index (Phi) is 7.61. The molecule has 22 heavy (non-hydrogen) atoms. The first-order valence-electron chi connectivity index (χ1n) is 7.81. The van der Waals surface area contributed by atoms with Gasteiger partial charge >= 0.3 is 0 Å².